The monoisotopic (exact) mass is 332 g/mol. The van der Waals surface area contributed by atoms with Crippen molar-refractivity contribution in [3.8, 4) is 0 Å². The van der Waals surface area contributed by atoms with Gasteiger partial charge in [-0.25, -0.2) is 0 Å². The highest BCUT2D eigenvalue weighted by Gasteiger charge is 2.01. The van der Waals surface area contributed by atoms with E-state index in [0.29, 0.717) is 6.42 Å². The van der Waals surface area contributed by atoms with Crippen molar-refractivity contribution in [3.05, 3.63) is 34.9 Å². The number of rotatable bonds is 13. The fourth-order valence-corrected chi connectivity index (χ4v) is 2.80. The summed E-state index contributed by atoms with van der Waals surface area (Å²) in [5.74, 6) is 1.12. The van der Waals surface area contributed by atoms with Crippen LogP contribution < -0.4 is 0 Å². The maximum absolute atomic E-state index is 10.9. The van der Waals surface area contributed by atoms with Gasteiger partial charge in [0.2, 0.25) is 0 Å². The summed E-state index contributed by atoms with van der Waals surface area (Å²) >= 11 is 0. The van der Waals surface area contributed by atoms with Gasteiger partial charge in [0.1, 0.15) is 5.78 Å². The van der Waals surface area contributed by atoms with Gasteiger partial charge in [-0.05, 0) is 85.5 Å². The number of carbonyl (C=O) groups excluding carboxylic acids is 1. The first-order valence-corrected chi connectivity index (χ1v) is 9.75. The van der Waals surface area contributed by atoms with Gasteiger partial charge in [-0.3, -0.25) is 0 Å². The van der Waals surface area contributed by atoms with E-state index in [1.807, 2.05) is 0 Å². The quantitative estimate of drug-likeness (QED) is 0.318. The second kappa shape index (κ2) is 14.3. The molecule has 0 aromatic carbocycles. The van der Waals surface area contributed by atoms with Gasteiger partial charge in [-0.1, -0.05) is 48.3 Å². The van der Waals surface area contributed by atoms with E-state index < -0.39 is 0 Å². The molecule has 0 radical (unpaired) electrons. The van der Waals surface area contributed by atoms with Crippen LogP contribution >= 0.6 is 0 Å². The van der Waals surface area contributed by atoms with Crippen molar-refractivity contribution in [2.24, 2.45) is 5.92 Å². The highest BCUT2D eigenvalue weighted by molar-refractivity contribution is 5.75. The lowest BCUT2D eigenvalue weighted by atomic mass is 9.96. The molecule has 1 atom stereocenters. The first-order chi connectivity index (χ1) is 11.3. The Morgan fingerprint density at radius 3 is 1.92 bits per heavy atom. The number of allylic oxidation sites excluding steroid dienone is 6. The summed E-state index contributed by atoms with van der Waals surface area (Å²) in [7, 11) is 0. The number of Topliss-reactive ketones (excluding diaryl/α,β-unsaturated/α-hetero) is 1. The summed E-state index contributed by atoms with van der Waals surface area (Å²) in [6, 6.07) is 0. The molecule has 138 valence electrons. The van der Waals surface area contributed by atoms with E-state index in [1.165, 1.54) is 48.8 Å². The molecule has 0 aromatic heterocycles. The van der Waals surface area contributed by atoms with Gasteiger partial charge in [0.25, 0.3) is 0 Å². The Hall–Kier alpha value is -1.11. The number of ketones is 1. The minimum Gasteiger partial charge on any atom is -0.300 e. The van der Waals surface area contributed by atoms with Gasteiger partial charge in [-0.15, -0.1) is 0 Å². The Bertz CT molecular complexity index is 433. The Morgan fingerprint density at radius 1 is 0.750 bits per heavy atom. The van der Waals surface area contributed by atoms with Crippen molar-refractivity contribution in [2.45, 2.75) is 99.3 Å². The average molecular weight is 333 g/mol. The molecule has 1 unspecified atom stereocenters. The normalized spacial score (nSPS) is 13.8. The second-order valence-corrected chi connectivity index (χ2v) is 7.74. The van der Waals surface area contributed by atoms with E-state index in [-0.39, 0.29) is 5.78 Å². The Kier molecular flexibility index (Phi) is 13.6. The van der Waals surface area contributed by atoms with E-state index in [0.717, 1.165) is 25.2 Å². The summed E-state index contributed by atoms with van der Waals surface area (Å²) < 4.78 is 0. The molecule has 0 N–H and O–H groups in total. The molecule has 0 aliphatic rings. The molecule has 1 nitrogen and oxygen atoms in total. The van der Waals surface area contributed by atoms with Crippen molar-refractivity contribution in [1.29, 1.82) is 0 Å². The third kappa shape index (κ3) is 15.8. The molecule has 0 saturated heterocycles. The topological polar surface area (TPSA) is 17.1 Å². The highest BCUT2D eigenvalue weighted by Crippen LogP contribution is 2.18. The summed E-state index contributed by atoms with van der Waals surface area (Å²) in [6.45, 7) is 12.9. The minimum absolute atomic E-state index is 0.282. The number of hydrogen-bond donors (Lipinski definition) is 0. The molecule has 0 aliphatic carbocycles. The maximum Gasteiger partial charge on any atom is 0.130 e. The Morgan fingerprint density at radius 2 is 1.33 bits per heavy atom. The molecule has 0 bridgehead atoms. The van der Waals surface area contributed by atoms with E-state index >= 15 is 0 Å². The van der Waals surface area contributed by atoms with Crippen LogP contribution in [0.4, 0.5) is 0 Å². The minimum atomic E-state index is 0.282. The van der Waals surface area contributed by atoms with Crippen molar-refractivity contribution < 1.29 is 4.79 Å². The molecule has 0 rings (SSSR count). The predicted octanol–water partition coefficient (Wildman–Crippen LogP) is 7.58. The largest absolute Gasteiger partial charge is 0.300 e. The number of carbonyl (C=O) groups is 1. The standard InChI is InChI=1S/C23H40O/c1-19(2)11-7-12-20(3)13-8-14-21(4)15-9-16-22(5)17-10-18-23(6)24/h11,15,17,20H,7-10,12-14,16,18H2,1-6H3/b21-15+,22-17-. The molecule has 0 saturated carbocycles. The average Bonchev–Trinajstić information content (AvgIpc) is 2.46. The Balaban J connectivity index is 3.83. The van der Waals surface area contributed by atoms with Gasteiger partial charge >= 0.3 is 0 Å². The van der Waals surface area contributed by atoms with Crippen LogP contribution in [0.25, 0.3) is 0 Å². The zero-order valence-electron chi connectivity index (χ0n) is 17.1. The van der Waals surface area contributed by atoms with Crippen LogP contribution in [0.3, 0.4) is 0 Å². The molecule has 0 amide bonds. The fourth-order valence-electron chi connectivity index (χ4n) is 2.80. The zero-order chi connectivity index (χ0) is 18.4. The van der Waals surface area contributed by atoms with Crippen LogP contribution in [0.2, 0.25) is 0 Å². The van der Waals surface area contributed by atoms with Crippen molar-refractivity contribution in [3.63, 3.8) is 0 Å². The third-order valence-electron chi connectivity index (χ3n) is 4.50. The molecule has 0 aliphatic heterocycles. The van der Waals surface area contributed by atoms with Crippen molar-refractivity contribution in [1.82, 2.24) is 0 Å². The first-order valence-electron chi connectivity index (χ1n) is 9.75. The smallest absolute Gasteiger partial charge is 0.130 e. The van der Waals surface area contributed by atoms with Crippen molar-refractivity contribution in [2.75, 3.05) is 0 Å². The van der Waals surface area contributed by atoms with Crippen LogP contribution in [0.1, 0.15) is 99.3 Å². The molecule has 0 aromatic rings. The van der Waals surface area contributed by atoms with Crippen LogP contribution in [0, 0.1) is 5.92 Å². The molecule has 24 heavy (non-hydrogen) atoms. The second-order valence-electron chi connectivity index (χ2n) is 7.74. The molecular weight excluding hydrogens is 292 g/mol. The zero-order valence-corrected chi connectivity index (χ0v) is 17.1. The molecule has 1 heteroatoms. The summed E-state index contributed by atoms with van der Waals surface area (Å²) in [4.78, 5) is 10.9. The van der Waals surface area contributed by atoms with Crippen LogP contribution in [0.5, 0.6) is 0 Å². The van der Waals surface area contributed by atoms with E-state index in [4.69, 9.17) is 0 Å². The van der Waals surface area contributed by atoms with E-state index in [2.05, 4.69) is 52.8 Å². The van der Waals surface area contributed by atoms with E-state index in [9.17, 15) is 4.79 Å². The van der Waals surface area contributed by atoms with Gasteiger partial charge in [0.15, 0.2) is 0 Å². The molecule has 0 spiro atoms. The Labute approximate surface area is 151 Å². The van der Waals surface area contributed by atoms with Crippen LogP contribution in [0.15, 0.2) is 34.9 Å². The van der Waals surface area contributed by atoms with Crippen LogP contribution in [-0.4, -0.2) is 5.78 Å². The highest BCUT2D eigenvalue weighted by atomic mass is 16.1. The van der Waals surface area contributed by atoms with Gasteiger partial charge in [0.05, 0.1) is 0 Å². The van der Waals surface area contributed by atoms with E-state index in [1.54, 1.807) is 6.92 Å². The lowest BCUT2D eigenvalue weighted by Crippen LogP contribution is -1.94. The summed E-state index contributed by atoms with van der Waals surface area (Å²) in [5.41, 5.74) is 4.38. The van der Waals surface area contributed by atoms with Gasteiger partial charge in [-0.2, -0.15) is 0 Å². The summed E-state index contributed by atoms with van der Waals surface area (Å²) in [5, 5.41) is 0. The van der Waals surface area contributed by atoms with Gasteiger partial charge in [0, 0.05) is 6.42 Å². The first kappa shape index (κ1) is 22.9. The molecule has 0 fully saturated rings. The number of hydrogen-bond acceptors (Lipinski definition) is 1. The lowest BCUT2D eigenvalue weighted by molar-refractivity contribution is -0.116. The molecule has 0 heterocycles. The van der Waals surface area contributed by atoms with Crippen LogP contribution in [-0.2, 0) is 4.79 Å². The predicted molar refractivity (Wildman–Crippen MR) is 108 cm³/mol. The van der Waals surface area contributed by atoms with Crippen molar-refractivity contribution >= 4 is 5.78 Å². The molecular formula is C23H40O. The SMILES string of the molecule is CC(=O)CC/C=C(/C)CC/C=C(\C)CCCC(C)CCC=C(C)C. The van der Waals surface area contributed by atoms with Gasteiger partial charge < -0.3 is 4.79 Å². The summed E-state index contributed by atoms with van der Waals surface area (Å²) in [6.07, 6.45) is 17.2. The lowest BCUT2D eigenvalue weighted by Gasteiger charge is -2.10. The maximum atomic E-state index is 10.9. The third-order valence-corrected chi connectivity index (χ3v) is 4.50. The fraction of sp³-hybridized carbons (Fsp3) is 0.696.